The molecule has 3 N–H and O–H groups in total. The molecule has 1 aromatic carbocycles. The lowest BCUT2D eigenvalue weighted by Crippen LogP contribution is -2.47. The molecule has 24 heavy (non-hydrogen) atoms. The van der Waals surface area contributed by atoms with Gasteiger partial charge in [0.2, 0.25) is 5.91 Å². The number of hydrogen-bond acceptors (Lipinski definition) is 3. The smallest absolute Gasteiger partial charge is 0.317 e. The Morgan fingerprint density at radius 2 is 1.79 bits per heavy atom. The Balaban J connectivity index is 1.40. The van der Waals surface area contributed by atoms with E-state index in [4.69, 9.17) is 5.73 Å². The van der Waals surface area contributed by atoms with Gasteiger partial charge in [-0.3, -0.25) is 4.79 Å². The normalized spacial score (nSPS) is 21.8. The van der Waals surface area contributed by atoms with Crippen LogP contribution in [-0.4, -0.2) is 49.6 Å². The molecule has 1 aromatic rings. The molecule has 1 atom stereocenters. The molecule has 3 rings (SSSR count). The predicted octanol–water partition coefficient (Wildman–Crippen LogP) is 1.42. The first kappa shape index (κ1) is 16.6. The number of primary amides is 1. The third kappa shape index (κ3) is 3.99. The van der Waals surface area contributed by atoms with E-state index in [-0.39, 0.29) is 17.9 Å². The van der Waals surface area contributed by atoms with Gasteiger partial charge in [0.1, 0.15) is 0 Å². The number of nitrogens with zero attached hydrogens (tertiary/aromatic N) is 2. The molecule has 2 saturated heterocycles. The minimum Gasteiger partial charge on any atom is -0.371 e. The topological polar surface area (TPSA) is 78.7 Å². The number of hydrogen-bond donors (Lipinski definition) is 2. The molecule has 2 fully saturated rings. The van der Waals surface area contributed by atoms with Crippen molar-refractivity contribution in [1.82, 2.24) is 10.2 Å². The van der Waals surface area contributed by atoms with Crippen molar-refractivity contribution in [2.45, 2.75) is 19.3 Å². The van der Waals surface area contributed by atoms with Crippen LogP contribution in [0, 0.1) is 11.8 Å². The lowest BCUT2D eigenvalue weighted by molar-refractivity contribution is -0.123. The van der Waals surface area contributed by atoms with E-state index in [2.05, 4.69) is 34.5 Å². The van der Waals surface area contributed by atoms with E-state index < -0.39 is 0 Å². The average molecular weight is 330 g/mol. The molecular weight excluding hydrogens is 304 g/mol. The number of amides is 3. The highest BCUT2D eigenvalue weighted by Gasteiger charge is 2.27. The third-order valence-corrected chi connectivity index (χ3v) is 5.13. The van der Waals surface area contributed by atoms with Crippen LogP contribution in [0.1, 0.15) is 19.3 Å². The molecule has 6 heteroatoms. The fraction of sp³-hybridized carbons (Fsp3) is 0.556. The quantitative estimate of drug-likeness (QED) is 0.876. The van der Waals surface area contributed by atoms with Gasteiger partial charge < -0.3 is 20.9 Å². The summed E-state index contributed by atoms with van der Waals surface area (Å²) in [5.74, 6) is 0.155. The van der Waals surface area contributed by atoms with Gasteiger partial charge in [-0.25, -0.2) is 4.79 Å². The Hall–Kier alpha value is -2.24. The van der Waals surface area contributed by atoms with Gasteiger partial charge in [0.05, 0.1) is 0 Å². The minimum absolute atomic E-state index is 0.0175. The van der Waals surface area contributed by atoms with Crippen molar-refractivity contribution in [1.29, 1.82) is 0 Å². The van der Waals surface area contributed by atoms with Crippen LogP contribution in [0.15, 0.2) is 30.3 Å². The van der Waals surface area contributed by atoms with Gasteiger partial charge in [0, 0.05) is 44.3 Å². The van der Waals surface area contributed by atoms with Crippen LogP contribution in [0.4, 0.5) is 10.5 Å². The number of nitrogens with two attached hydrogens (primary N) is 1. The number of benzene rings is 1. The van der Waals surface area contributed by atoms with Gasteiger partial charge in [-0.1, -0.05) is 18.2 Å². The van der Waals surface area contributed by atoms with Gasteiger partial charge in [-0.05, 0) is 37.3 Å². The van der Waals surface area contributed by atoms with Crippen LogP contribution in [0.3, 0.4) is 0 Å². The minimum atomic E-state index is -0.248. The molecular formula is C18H26N4O2. The van der Waals surface area contributed by atoms with Gasteiger partial charge in [-0.2, -0.15) is 0 Å². The first-order valence-electron chi connectivity index (χ1n) is 8.75. The number of carbonyl (C=O) groups is 2. The maximum atomic E-state index is 12.3. The maximum absolute atomic E-state index is 12.3. The number of anilines is 1. The monoisotopic (exact) mass is 330 g/mol. The second-order valence-corrected chi connectivity index (χ2v) is 6.79. The van der Waals surface area contributed by atoms with Crippen molar-refractivity contribution < 1.29 is 9.59 Å². The molecule has 2 aliphatic heterocycles. The second-order valence-electron chi connectivity index (χ2n) is 6.79. The summed E-state index contributed by atoms with van der Waals surface area (Å²) in [6.45, 7) is 3.95. The van der Waals surface area contributed by atoms with Crippen LogP contribution in [0.5, 0.6) is 0 Å². The number of likely N-dealkylation sites (tertiary alicyclic amines) is 1. The zero-order valence-electron chi connectivity index (χ0n) is 14.0. The fourth-order valence-electron chi connectivity index (χ4n) is 3.58. The molecule has 2 heterocycles. The van der Waals surface area contributed by atoms with Crippen molar-refractivity contribution in [2.75, 3.05) is 37.6 Å². The van der Waals surface area contributed by atoms with E-state index in [9.17, 15) is 9.59 Å². The second kappa shape index (κ2) is 7.55. The van der Waals surface area contributed by atoms with Crippen LogP contribution >= 0.6 is 0 Å². The first-order chi connectivity index (χ1) is 11.6. The molecule has 6 nitrogen and oxygen atoms in total. The lowest BCUT2D eigenvalue weighted by Gasteiger charge is -2.31. The number of para-hydroxylation sites is 1. The zero-order valence-corrected chi connectivity index (χ0v) is 14.0. The van der Waals surface area contributed by atoms with E-state index in [0.717, 1.165) is 19.5 Å². The van der Waals surface area contributed by atoms with E-state index in [1.165, 1.54) is 5.69 Å². The Kier molecular flexibility index (Phi) is 5.23. The molecule has 0 aliphatic carbocycles. The number of carbonyl (C=O) groups excluding carboxylic acids is 2. The predicted molar refractivity (Wildman–Crippen MR) is 93.7 cm³/mol. The summed E-state index contributed by atoms with van der Waals surface area (Å²) in [6, 6.07) is 10.4. The fourth-order valence-corrected chi connectivity index (χ4v) is 3.58. The SMILES string of the molecule is NC(=O)C1CCN(C(=O)NCC2CCN(c3ccccc3)C2)CC1. The summed E-state index contributed by atoms with van der Waals surface area (Å²) < 4.78 is 0. The molecule has 2 aliphatic rings. The molecule has 130 valence electrons. The Bertz CT molecular complexity index is 570. The highest BCUT2D eigenvalue weighted by molar-refractivity contribution is 5.78. The Morgan fingerprint density at radius 3 is 2.46 bits per heavy atom. The zero-order chi connectivity index (χ0) is 16.9. The largest absolute Gasteiger partial charge is 0.371 e. The summed E-state index contributed by atoms with van der Waals surface area (Å²) in [7, 11) is 0. The highest BCUT2D eigenvalue weighted by Crippen LogP contribution is 2.23. The summed E-state index contributed by atoms with van der Waals surface area (Å²) in [4.78, 5) is 27.6. The molecule has 0 saturated carbocycles. The Labute approximate surface area is 143 Å². The third-order valence-electron chi connectivity index (χ3n) is 5.13. The molecule has 0 radical (unpaired) electrons. The summed E-state index contributed by atoms with van der Waals surface area (Å²) in [5, 5.41) is 3.05. The van der Waals surface area contributed by atoms with E-state index in [0.29, 0.717) is 38.4 Å². The number of nitrogens with one attached hydrogen (secondary N) is 1. The first-order valence-corrected chi connectivity index (χ1v) is 8.75. The van der Waals surface area contributed by atoms with Crippen LogP contribution in [-0.2, 0) is 4.79 Å². The summed E-state index contributed by atoms with van der Waals surface area (Å²) in [5.41, 5.74) is 6.58. The molecule has 0 aromatic heterocycles. The molecule has 3 amide bonds. The average Bonchev–Trinajstić information content (AvgIpc) is 3.09. The van der Waals surface area contributed by atoms with E-state index in [1.54, 1.807) is 4.90 Å². The van der Waals surface area contributed by atoms with E-state index >= 15 is 0 Å². The molecule has 0 spiro atoms. The van der Waals surface area contributed by atoms with Gasteiger partial charge >= 0.3 is 6.03 Å². The van der Waals surface area contributed by atoms with Crippen LogP contribution in [0.2, 0.25) is 0 Å². The highest BCUT2D eigenvalue weighted by atomic mass is 16.2. The van der Waals surface area contributed by atoms with E-state index in [1.807, 2.05) is 6.07 Å². The van der Waals surface area contributed by atoms with Crippen LogP contribution in [0.25, 0.3) is 0 Å². The van der Waals surface area contributed by atoms with Crippen molar-refractivity contribution in [3.8, 4) is 0 Å². The number of piperidine rings is 1. The summed E-state index contributed by atoms with van der Waals surface area (Å²) >= 11 is 0. The molecule has 1 unspecified atom stereocenters. The van der Waals surface area contributed by atoms with Crippen molar-refractivity contribution in [3.05, 3.63) is 30.3 Å². The molecule has 0 bridgehead atoms. The van der Waals surface area contributed by atoms with Crippen LogP contribution < -0.4 is 16.0 Å². The Morgan fingerprint density at radius 1 is 1.08 bits per heavy atom. The number of rotatable bonds is 4. The van der Waals surface area contributed by atoms with Crippen molar-refractivity contribution in [3.63, 3.8) is 0 Å². The van der Waals surface area contributed by atoms with Crippen molar-refractivity contribution in [2.24, 2.45) is 17.6 Å². The maximum Gasteiger partial charge on any atom is 0.317 e. The summed E-state index contributed by atoms with van der Waals surface area (Å²) in [6.07, 6.45) is 2.45. The lowest BCUT2D eigenvalue weighted by atomic mass is 9.96. The van der Waals surface area contributed by atoms with Crippen molar-refractivity contribution >= 4 is 17.6 Å². The van der Waals surface area contributed by atoms with Gasteiger partial charge in [0.25, 0.3) is 0 Å². The van der Waals surface area contributed by atoms with Gasteiger partial charge in [0.15, 0.2) is 0 Å². The standard InChI is InChI=1S/C18H26N4O2/c19-17(23)15-7-10-21(11-8-15)18(24)20-12-14-6-9-22(13-14)16-4-2-1-3-5-16/h1-5,14-15H,6-13H2,(H2,19,23)(H,20,24). The van der Waals surface area contributed by atoms with Gasteiger partial charge in [-0.15, -0.1) is 0 Å². The number of urea groups is 1.